The SMILES string of the molecule is COC(=O)CC[C@H]1C(=O)C(c2ccc(OC)c(OC)c2)=C(c2ccc(OC)c(OC)c2)CN1C(=O)OC(C)(C)C. The van der Waals surface area contributed by atoms with Crippen LogP contribution in [0.1, 0.15) is 44.7 Å². The quantitative estimate of drug-likeness (QED) is 0.404. The topological polar surface area (TPSA) is 110 Å². The third-order valence-electron chi connectivity index (χ3n) is 6.44. The summed E-state index contributed by atoms with van der Waals surface area (Å²) in [5.41, 5.74) is 1.36. The first kappa shape index (κ1) is 30.3. The van der Waals surface area contributed by atoms with Crippen LogP contribution >= 0.6 is 0 Å². The van der Waals surface area contributed by atoms with Crippen molar-refractivity contribution in [3.63, 3.8) is 0 Å². The molecule has 1 atom stereocenters. The first-order chi connectivity index (χ1) is 19.0. The van der Waals surface area contributed by atoms with E-state index in [9.17, 15) is 14.4 Å². The van der Waals surface area contributed by atoms with Crippen LogP contribution < -0.4 is 18.9 Å². The van der Waals surface area contributed by atoms with E-state index in [0.717, 1.165) is 0 Å². The van der Waals surface area contributed by atoms with Crippen LogP contribution in [0.4, 0.5) is 4.79 Å². The van der Waals surface area contributed by atoms with E-state index in [1.165, 1.54) is 40.4 Å². The molecular weight excluding hydrogens is 518 g/mol. The number of amides is 1. The van der Waals surface area contributed by atoms with E-state index in [0.29, 0.717) is 45.3 Å². The third kappa shape index (κ3) is 6.67. The average molecular weight is 556 g/mol. The van der Waals surface area contributed by atoms with Gasteiger partial charge in [0.1, 0.15) is 5.60 Å². The highest BCUT2D eigenvalue weighted by Gasteiger charge is 2.41. The van der Waals surface area contributed by atoms with Gasteiger partial charge in [0.2, 0.25) is 0 Å². The van der Waals surface area contributed by atoms with Gasteiger partial charge in [-0.3, -0.25) is 14.5 Å². The van der Waals surface area contributed by atoms with Gasteiger partial charge in [-0.25, -0.2) is 4.79 Å². The third-order valence-corrected chi connectivity index (χ3v) is 6.44. The molecule has 10 nitrogen and oxygen atoms in total. The first-order valence-electron chi connectivity index (χ1n) is 12.8. The zero-order chi connectivity index (χ0) is 29.6. The summed E-state index contributed by atoms with van der Waals surface area (Å²) >= 11 is 0. The fourth-order valence-electron chi connectivity index (χ4n) is 4.54. The van der Waals surface area contributed by atoms with E-state index in [1.807, 2.05) is 0 Å². The zero-order valence-electron chi connectivity index (χ0n) is 24.3. The number of nitrogens with zero attached hydrogens (tertiary/aromatic N) is 1. The zero-order valence-corrected chi connectivity index (χ0v) is 24.3. The second-order valence-electron chi connectivity index (χ2n) is 10.1. The molecule has 2 aromatic carbocycles. The van der Waals surface area contributed by atoms with Crippen molar-refractivity contribution >= 4 is 29.0 Å². The molecule has 216 valence electrons. The second kappa shape index (κ2) is 12.8. The lowest BCUT2D eigenvalue weighted by atomic mass is 9.83. The highest BCUT2D eigenvalue weighted by molar-refractivity contribution is 6.31. The van der Waals surface area contributed by atoms with Gasteiger partial charge in [0.25, 0.3) is 0 Å². The van der Waals surface area contributed by atoms with Crippen LogP contribution in [0.3, 0.4) is 0 Å². The van der Waals surface area contributed by atoms with Crippen LogP contribution in [-0.4, -0.2) is 76.5 Å². The van der Waals surface area contributed by atoms with Crippen LogP contribution in [0.25, 0.3) is 11.1 Å². The van der Waals surface area contributed by atoms with Crippen molar-refractivity contribution in [3.05, 3.63) is 47.5 Å². The predicted octanol–water partition coefficient (Wildman–Crippen LogP) is 4.77. The monoisotopic (exact) mass is 555 g/mol. The van der Waals surface area contributed by atoms with Crippen LogP contribution in [0, 0.1) is 0 Å². The van der Waals surface area contributed by atoms with Gasteiger partial charge >= 0.3 is 12.1 Å². The number of benzene rings is 2. The molecule has 0 aliphatic carbocycles. The number of rotatable bonds is 9. The highest BCUT2D eigenvalue weighted by atomic mass is 16.6. The summed E-state index contributed by atoms with van der Waals surface area (Å²) in [5.74, 6) is 1.08. The standard InChI is InChI=1S/C30H37NO9/c1-30(2,3)40-29(34)31-17-20(18-9-12-22(35-4)24(15-18)37-6)27(28(33)21(31)11-14-26(32)39-8)19-10-13-23(36-5)25(16-19)38-7/h9-10,12-13,15-16,21H,11,14,17H2,1-8H3/t21-/m0/s1. The molecule has 0 N–H and O–H groups in total. The summed E-state index contributed by atoms with van der Waals surface area (Å²) in [5, 5.41) is 0. The average Bonchev–Trinajstić information content (AvgIpc) is 2.94. The summed E-state index contributed by atoms with van der Waals surface area (Å²) < 4.78 is 32.3. The minimum Gasteiger partial charge on any atom is -0.493 e. The van der Waals surface area contributed by atoms with Gasteiger partial charge in [0.15, 0.2) is 28.8 Å². The van der Waals surface area contributed by atoms with Crippen molar-refractivity contribution < 1.29 is 42.8 Å². The summed E-state index contributed by atoms with van der Waals surface area (Å²) in [6, 6.07) is 9.50. The Morgan fingerprint density at radius 3 is 1.85 bits per heavy atom. The number of hydrogen-bond acceptors (Lipinski definition) is 9. The molecule has 0 aromatic heterocycles. The summed E-state index contributed by atoms with van der Waals surface area (Å²) in [7, 11) is 7.37. The molecule has 10 heteroatoms. The maximum atomic E-state index is 14.3. The Labute approximate surface area is 234 Å². The van der Waals surface area contributed by atoms with E-state index in [1.54, 1.807) is 57.2 Å². The molecule has 0 saturated carbocycles. The largest absolute Gasteiger partial charge is 0.493 e. The van der Waals surface area contributed by atoms with E-state index in [2.05, 4.69) is 0 Å². The molecule has 1 heterocycles. The molecule has 0 fully saturated rings. The van der Waals surface area contributed by atoms with Gasteiger partial charge in [-0.1, -0.05) is 12.1 Å². The molecule has 0 saturated heterocycles. The van der Waals surface area contributed by atoms with Crippen molar-refractivity contribution in [1.82, 2.24) is 4.90 Å². The second-order valence-corrected chi connectivity index (χ2v) is 10.1. The fourth-order valence-corrected chi connectivity index (χ4v) is 4.54. The number of carbonyl (C=O) groups excluding carboxylic acids is 3. The minimum absolute atomic E-state index is 0.0334. The minimum atomic E-state index is -0.971. The molecule has 1 aliphatic heterocycles. The van der Waals surface area contributed by atoms with Crippen LogP contribution in [0.5, 0.6) is 23.0 Å². The lowest BCUT2D eigenvalue weighted by molar-refractivity contribution is -0.141. The molecule has 1 aliphatic rings. The number of Topliss-reactive ketones (excluding diaryl/α,β-unsaturated/α-hetero) is 1. The normalized spacial score (nSPS) is 15.4. The van der Waals surface area contributed by atoms with Crippen molar-refractivity contribution in [1.29, 1.82) is 0 Å². The maximum Gasteiger partial charge on any atom is 0.411 e. The number of esters is 1. The van der Waals surface area contributed by atoms with Gasteiger partial charge in [0, 0.05) is 12.0 Å². The number of methoxy groups -OCH3 is 5. The van der Waals surface area contributed by atoms with Crippen LogP contribution in [-0.2, 0) is 19.1 Å². The fraction of sp³-hybridized carbons (Fsp3) is 0.433. The van der Waals surface area contributed by atoms with E-state index in [-0.39, 0.29) is 25.2 Å². The number of ketones is 1. The van der Waals surface area contributed by atoms with E-state index in [4.69, 9.17) is 28.4 Å². The van der Waals surface area contributed by atoms with Crippen molar-refractivity contribution in [3.8, 4) is 23.0 Å². The van der Waals surface area contributed by atoms with Crippen molar-refractivity contribution in [2.24, 2.45) is 0 Å². The van der Waals surface area contributed by atoms with E-state index < -0.39 is 23.7 Å². The molecule has 0 spiro atoms. The molecule has 0 unspecified atom stereocenters. The molecule has 0 radical (unpaired) electrons. The number of hydrogen-bond donors (Lipinski definition) is 0. The maximum absolute atomic E-state index is 14.3. The van der Waals surface area contributed by atoms with Gasteiger partial charge < -0.3 is 28.4 Å². The van der Waals surface area contributed by atoms with Crippen molar-refractivity contribution in [2.45, 2.75) is 45.3 Å². The Bertz CT molecular complexity index is 1290. The van der Waals surface area contributed by atoms with Crippen molar-refractivity contribution in [2.75, 3.05) is 42.1 Å². The molecule has 3 rings (SSSR count). The van der Waals surface area contributed by atoms with Gasteiger partial charge in [-0.2, -0.15) is 0 Å². The lowest BCUT2D eigenvalue weighted by Crippen LogP contribution is -2.51. The number of ether oxygens (including phenoxy) is 6. The summed E-state index contributed by atoms with van der Waals surface area (Å²) in [6.07, 6.45) is -0.669. The van der Waals surface area contributed by atoms with E-state index >= 15 is 0 Å². The van der Waals surface area contributed by atoms with Crippen LogP contribution in [0.2, 0.25) is 0 Å². The molecule has 0 bridgehead atoms. The van der Waals surface area contributed by atoms with Gasteiger partial charge in [0.05, 0.1) is 48.1 Å². The Kier molecular flexibility index (Phi) is 9.68. The van der Waals surface area contributed by atoms with Gasteiger partial charge in [-0.15, -0.1) is 0 Å². The summed E-state index contributed by atoms with van der Waals surface area (Å²) in [6.45, 7) is 5.28. The predicted molar refractivity (Wildman–Crippen MR) is 149 cm³/mol. The molecule has 40 heavy (non-hydrogen) atoms. The number of carbonyl (C=O) groups is 3. The smallest absolute Gasteiger partial charge is 0.411 e. The first-order valence-corrected chi connectivity index (χ1v) is 12.8. The Hall–Kier alpha value is -4.21. The highest BCUT2D eigenvalue weighted by Crippen LogP contribution is 2.41. The Morgan fingerprint density at radius 1 is 0.825 bits per heavy atom. The Balaban J connectivity index is 2.28. The lowest BCUT2D eigenvalue weighted by Gasteiger charge is -2.38. The Morgan fingerprint density at radius 2 is 1.35 bits per heavy atom. The summed E-state index contributed by atoms with van der Waals surface area (Å²) in [4.78, 5) is 41.2. The molecule has 1 amide bonds. The van der Waals surface area contributed by atoms with Crippen LogP contribution in [0.15, 0.2) is 36.4 Å². The molecule has 2 aromatic rings. The molecular formula is C30H37NO9. The van der Waals surface area contributed by atoms with Gasteiger partial charge in [-0.05, 0) is 68.2 Å².